The number of ether oxygens (including phenoxy) is 1. The maximum atomic E-state index is 13.1. The van der Waals surface area contributed by atoms with Crippen molar-refractivity contribution in [1.29, 1.82) is 0 Å². The fourth-order valence-electron chi connectivity index (χ4n) is 3.85. The van der Waals surface area contributed by atoms with E-state index in [0.717, 1.165) is 18.5 Å². The van der Waals surface area contributed by atoms with Gasteiger partial charge < -0.3 is 9.64 Å². The molecule has 6 nitrogen and oxygen atoms in total. The van der Waals surface area contributed by atoms with Crippen molar-refractivity contribution in [3.05, 3.63) is 59.9 Å². The van der Waals surface area contributed by atoms with Gasteiger partial charge in [-0.25, -0.2) is 12.8 Å². The number of nitrogens with zero attached hydrogens (tertiary/aromatic N) is 2. The Morgan fingerprint density at radius 2 is 2.00 bits per heavy atom. The second-order valence-electron chi connectivity index (χ2n) is 7.96. The fraction of sp³-hybridized carbons (Fsp3) is 0.391. The average molecular weight is 477 g/mol. The highest BCUT2D eigenvalue weighted by Gasteiger charge is 2.49. The molecule has 2 aromatic rings. The van der Waals surface area contributed by atoms with E-state index in [-0.39, 0.29) is 40.9 Å². The van der Waals surface area contributed by atoms with Gasteiger partial charge in [0.05, 0.1) is 30.6 Å². The molecular formula is C23H25FN2O4S2. The monoisotopic (exact) mass is 476 g/mol. The van der Waals surface area contributed by atoms with Crippen LogP contribution in [0, 0.1) is 5.82 Å². The standard InChI is InChI=1S/C23H25FN2O4S2/c1-2-3-11-30-19-6-4-5-18(13-19)26-20-14-32(28,29)15-21(20)31-23(26)25-22(27)12-16-7-9-17(24)10-8-16/h4-10,13,20-21H,2-3,11-12,14-15H2,1H3/t20-,21-/m1/s1. The zero-order chi connectivity index (χ0) is 22.7. The van der Waals surface area contributed by atoms with Gasteiger partial charge in [0.2, 0.25) is 0 Å². The number of carbonyl (C=O) groups is 1. The van der Waals surface area contributed by atoms with E-state index in [0.29, 0.717) is 23.1 Å². The first kappa shape index (κ1) is 22.8. The summed E-state index contributed by atoms with van der Waals surface area (Å²) in [5.74, 6) is 0.0672. The minimum absolute atomic E-state index is 0.0246. The van der Waals surface area contributed by atoms with E-state index in [2.05, 4.69) is 11.9 Å². The number of carbonyl (C=O) groups excluding carboxylic acids is 1. The van der Waals surface area contributed by atoms with Gasteiger partial charge in [-0.1, -0.05) is 43.3 Å². The molecule has 0 aliphatic carbocycles. The van der Waals surface area contributed by atoms with Crippen molar-refractivity contribution in [1.82, 2.24) is 0 Å². The molecule has 1 amide bonds. The summed E-state index contributed by atoms with van der Waals surface area (Å²) in [5, 5.41) is 0.315. The molecule has 2 heterocycles. The number of amidine groups is 1. The Bertz CT molecular complexity index is 1120. The van der Waals surface area contributed by atoms with Crippen LogP contribution in [-0.2, 0) is 21.1 Å². The van der Waals surface area contributed by atoms with Gasteiger partial charge in [0.25, 0.3) is 5.91 Å². The molecule has 2 aliphatic heterocycles. The quantitative estimate of drug-likeness (QED) is 0.565. The molecule has 9 heteroatoms. The third-order valence-corrected chi connectivity index (χ3v) is 8.63. The van der Waals surface area contributed by atoms with E-state index in [4.69, 9.17) is 4.74 Å². The van der Waals surface area contributed by atoms with Crippen LogP contribution in [0.5, 0.6) is 5.75 Å². The average Bonchev–Trinajstić information content (AvgIpc) is 3.20. The Balaban J connectivity index is 1.60. The van der Waals surface area contributed by atoms with Gasteiger partial charge in [0.1, 0.15) is 11.6 Å². The first-order valence-corrected chi connectivity index (χ1v) is 13.3. The maximum Gasteiger partial charge on any atom is 0.252 e. The summed E-state index contributed by atoms with van der Waals surface area (Å²) in [4.78, 5) is 18.8. The summed E-state index contributed by atoms with van der Waals surface area (Å²) in [6.45, 7) is 2.69. The summed E-state index contributed by atoms with van der Waals surface area (Å²) in [5.41, 5.74) is 1.42. The zero-order valence-electron chi connectivity index (χ0n) is 17.7. The smallest absolute Gasteiger partial charge is 0.252 e. The van der Waals surface area contributed by atoms with Crippen molar-refractivity contribution in [2.45, 2.75) is 37.5 Å². The van der Waals surface area contributed by atoms with E-state index in [1.54, 1.807) is 12.1 Å². The molecule has 0 saturated carbocycles. The molecule has 2 fully saturated rings. The summed E-state index contributed by atoms with van der Waals surface area (Å²) in [6, 6.07) is 12.9. The Morgan fingerprint density at radius 1 is 1.22 bits per heavy atom. The molecule has 32 heavy (non-hydrogen) atoms. The van der Waals surface area contributed by atoms with Crippen LogP contribution >= 0.6 is 11.8 Å². The number of fused-ring (bicyclic) bond motifs is 1. The number of unbranched alkanes of at least 4 members (excludes halogenated alkanes) is 1. The Hall–Kier alpha value is -2.39. The second kappa shape index (κ2) is 9.62. The molecule has 4 rings (SSSR count). The van der Waals surface area contributed by atoms with E-state index in [1.165, 1.54) is 23.9 Å². The van der Waals surface area contributed by atoms with E-state index in [9.17, 15) is 17.6 Å². The van der Waals surface area contributed by atoms with Gasteiger partial charge in [-0.05, 0) is 36.2 Å². The molecular weight excluding hydrogens is 451 g/mol. The lowest BCUT2D eigenvalue weighted by Gasteiger charge is -2.25. The van der Waals surface area contributed by atoms with Crippen molar-refractivity contribution in [2.75, 3.05) is 23.0 Å². The third-order valence-electron chi connectivity index (χ3n) is 5.42. The molecule has 2 aliphatic rings. The highest BCUT2D eigenvalue weighted by molar-refractivity contribution is 8.16. The number of thioether (sulfide) groups is 1. The minimum Gasteiger partial charge on any atom is -0.494 e. The lowest BCUT2D eigenvalue weighted by molar-refractivity contribution is -0.117. The number of hydrogen-bond donors (Lipinski definition) is 0. The Morgan fingerprint density at radius 3 is 2.75 bits per heavy atom. The summed E-state index contributed by atoms with van der Waals surface area (Å²) in [6.07, 6.45) is 2.01. The molecule has 0 bridgehead atoms. The van der Waals surface area contributed by atoms with Gasteiger partial charge in [-0.2, -0.15) is 4.99 Å². The summed E-state index contributed by atoms with van der Waals surface area (Å²) in [7, 11) is -3.15. The maximum absolute atomic E-state index is 13.1. The van der Waals surface area contributed by atoms with E-state index in [1.807, 2.05) is 29.2 Å². The molecule has 0 unspecified atom stereocenters. The highest BCUT2D eigenvalue weighted by Crippen LogP contribution is 2.41. The lowest BCUT2D eigenvalue weighted by atomic mass is 10.1. The third kappa shape index (κ3) is 5.32. The number of anilines is 1. The van der Waals surface area contributed by atoms with Gasteiger partial charge in [0, 0.05) is 17.0 Å². The van der Waals surface area contributed by atoms with Gasteiger partial charge in [-0.15, -0.1) is 0 Å². The van der Waals surface area contributed by atoms with Crippen LogP contribution in [0.4, 0.5) is 10.1 Å². The predicted molar refractivity (Wildman–Crippen MR) is 126 cm³/mol. The van der Waals surface area contributed by atoms with Crippen molar-refractivity contribution in [3.8, 4) is 5.75 Å². The van der Waals surface area contributed by atoms with Crippen LogP contribution in [0.25, 0.3) is 0 Å². The van der Waals surface area contributed by atoms with Crippen LogP contribution < -0.4 is 9.64 Å². The summed E-state index contributed by atoms with van der Waals surface area (Å²) < 4.78 is 43.5. The minimum atomic E-state index is -3.15. The SMILES string of the molecule is CCCCOc1cccc(N2C(=NC(=O)Cc3ccc(F)cc3)S[C@@H]3CS(=O)(=O)C[C@H]32)c1. The Kier molecular flexibility index (Phi) is 6.85. The molecule has 170 valence electrons. The van der Waals surface area contributed by atoms with Crippen molar-refractivity contribution >= 4 is 38.4 Å². The fourth-order valence-corrected chi connectivity index (χ4v) is 7.78. The number of hydrogen-bond acceptors (Lipinski definition) is 5. The van der Waals surface area contributed by atoms with Crippen LogP contribution in [0.3, 0.4) is 0 Å². The zero-order valence-corrected chi connectivity index (χ0v) is 19.4. The first-order valence-electron chi connectivity index (χ1n) is 10.6. The van der Waals surface area contributed by atoms with Gasteiger partial charge in [0.15, 0.2) is 15.0 Å². The molecule has 0 aromatic heterocycles. The van der Waals surface area contributed by atoms with Crippen LogP contribution in [0.1, 0.15) is 25.3 Å². The second-order valence-corrected chi connectivity index (χ2v) is 11.3. The lowest BCUT2D eigenvalue weighted by Crippen LogP contribution is -2.37. The normalized spacial score (nSPS) is 22.8. The van der Waals surface area contributed by atoms with Crippen LogP contribution in [0.2, 0.25) is 0 Å². The number of rotatable bonds is 7. The van der Waals surface area contributed by atoms with Crippen molar-refractivity contribution in [3.63, 3.8) is 0 Å². The summed E-state index contributed by atoms with van der Waals surface area (Å²) >= 11 is 1.33. The van der Waals surface area contributed by atoms with Gasteiger partial charge >= 0.3 is 0 Å². The van der Waals surface area contributed by atoms with Crippen molar-refractivity contribution < 1.29 is 22.3 Å². The van der Waals surface area contributed by atoms with Crippen molar-refractivity contribution in [2.24, 2.45) is 4.99 Å². The first-order chi connectivity index (χ1) is 15.3. The number of sulfone groups is 1. The largest absolute Gasteiger partial charge is 0.494 e. The Labute approximate surface area is 191 Å². The molecule has 0 radical (unpaired) electrons. The van der Waals surface area contributed by atoms with Crippen LogP contribution in [0.15, 0.2) is 53.5 Å². The number of halogens is 1. The topological polar surface area (TPSA) is 76.0 Å². The number of aliphatic imine (C=N–C) groups is 1. The molecule has 0 N–H and O–H groups in total. The molecule has 2 saturated heterocycles. The number of amides is 1. The van der Waals surface area contributed by atoms with E-state index >= 15 is 0 Å². The number of benzene rings is 2. The predicted octanol–water partition coefficient (Wildman–Crippen LogP) is 3.85. The molecule has 0 spiro atoms. The van der Waals surface area contributed by atoms with Crippen LogP contribution in [-0.4, -0.2) is 48.9 Å². The molecule has 2 atom stereocenters. The highest BCUT2D eigenvalue weighted by atomic mass is 32.2. The molecule has 2 aromatic carbocycles. The van der Waals surface area contributed by atoms with Gasteiger partial charge in [-0.3, -0.25) is 4.79 Å². The van der Waals surface area contributed by atoms with E-state index < -0.39 is 9.84 Å².